The monoisotopic (exact) mass is 678 g/mol. The third-order valence-electron chi connectivity index (χ3n) is 10.8. The van der Waals surface area contributed by atoms with Gasteiger partial charge in [-0.1, -0.05) is 0 Å². The molecule has 6 N–H and O–H groups in total. The number of hydrogen-bond acceptors (Lipinski definition) is 6. The number of aryl methyl sites for hydroxylation is 2. The molecule has 3 aromatic rings. The van der Waals surface area contributed by atoms with Crippen LogP contribution >= 0.6 is 0 Å². The lowest BCUT2D eigenvalue weighted by molar-refractivity contribution is -0.139. The maximum Gasteiger partial charge on any atom is 0.307 e. The average molecular weight is 679 g/mol. The minimum Gasteiger partial charge on any atom is -0.481 e. The highest BCUT2D eigenvalue weighted by Crippen LogP contribution is 2.53. The summed E-state index contributed by atoms with van der Waals surface area (Å²) in [7, 11) is 0. The van der Waals surface area contributed by atoms with Gasteiger partial charge in [-0.25, -0.2) is 9.97 Å². The molecule has 4 atom stereocenters. The Morgan fingerprint density at radius 2 is 1.00 bits per heavy atom. The van der Waals surface area contributed by atoms with Crippen molar-refractivity contribution in [2.45, 2.75) is 78.1 Å². The molecular weight excluding hydrogens is 640 g/mol. The number of carbonyl (C=O) groups is 4. The molecule has 50 heavy (non-hydrogen) atoms. The molecule has 12 heteroatoms. The van der Waals surface area contributed by atoms with Crippen LogP contribution in [0.1, 0.15) is 109 Å². The van der Waals surface area contributed by atoms with Gasteiger partial charge in [-0.05, 0) is 122 Å². The Morgan fingerprint density at radius 1 is 0.600 bits per heavy atom. The summed E-state index contributed by atoms with van der Waals surface area (Å²) in [6.07, 6.45) is 1.26. The summed E-state index contributed by atoms with van der Waals surface area (Å²) in [6, 6.07) is 7.57. The fourth-order valence-electron chi connectivity index (χ4n) is 7.77. The first-order chi connectivity index (χ1) is 23.7. The van der Waals surface area contributed by atoms with Crippen LogP contribution in [0.3, 0.4) is 0 Å². The van der Waals surface area contributed by atoms with Gasteiger partial charge in [-0.15, -0.1) is 0 Å². The third kappa shape index (κ3) is 5.78. The van der Waals surface area contributed by atoms with Crippen molar-refractivity contribution < 1.29 is 39.6 Å². The Kier molecular flexibility index (Phi) is 7.99. The van der Waals surface area contributed by atoms with Gasteiger partial charge in [0.15, 0.2) is 0 Å². The number of nitrogens with one attached hydrogen (secondary N) is 2. The van der Waals surface area contributed by atoms with E-state index in [9.17, 15) is 39.6 Å². The molecule has 2 saturated carbocycles. The smallest absolute Gasteiger partial charge is 0.307 e. The first-order valence-corrected chi connectivity index (χ1v) is 16.8. The zero-order chi connectivity index (χ0) is 35.8. The van der Waals surface area contributed by atoms with Crippen LogP contribution in [0.25, 0.3) is 44.4 Å². The molecule has 5 heterocycles. The predicted octanol–water partition coefficient (Wildman–Crippen LogP) is 6.90. The van der Waals surface area contributed by atoms with Gasteiger partial charge in [0.1, 0.15) is 0 Å². The van der Waals surface area contributed by atoms with Crippen molar-refractivity contribution in [3.8, 4) is 0 Å². The molecule has 0 amide bonds. The molecule has 2 aliphatic carbocycles. The molecule has 2 fully saturated rings. The van der Waals surface area contributed by atoms with Crippen LogP contribution in [0.5, 0.6) is 0 Å². The number of H-pyrrole nitrogens is 2. The van der Waals surface area contributed by atoms with Crippen molar-refractivity contribution >= 4 is 68.2 Å². The van der Waals surface area contributed by atoms with Gasteiger partial charge in [-0.3, -0.25) is 19.2 Å². The molecule has 258 valence electrons. The second-order valence-corrected chi connectivity index (χ2v) is 13.9. The molecule has 2 aliphatic heterocycles. The van der Waals surface area contributed by atoms with Crippen LogP contribution in [0.15, 0.2) is 24.3 Å². The van der Waals surface area contributed by atoms with Gasteiger partial charge in [0.2, 0.25) is 0 Å². The molecule has 4 aliphatic rings. The molecule has 3 aromatic heterocycles. The lowest BCUT2D eigenvalue weighted by atomic mass is 9.98. The minimum atomic E-state index is -0.946. The van der Waals surface area contributed by atoms with Crippen LogP contribution in [-0.2, 0) is 19.2 Å². The number of rotatable bonds is 10. The number of fused-ring (bicyclic) bond motifs is 8. The zero-order valence-corrected chi connectivity index (χ0v) is 28.2. The van der Waals surface area contributed by atoms with E-state index in [1.807, 2.05) is 45.9 Å². The van der Waals surface area contributed by atoms with Crippen molar-refractivity contribution in [3.05, 3.63) is 69.3 Å². The first-order valence-electron chi connectivity index (χ1n) is 16.8. The molecule has 0 spiro atoms. The molecule has 0 aromatic carbocycles. The highest BCUT2D eigenvalue weighted by atomic mass is 16.4. The largest absolute Gasteiger partial charge is 0.481 e. The summed E-state index contributed by atoms with van der Waals surface area (Å²) in [5.74, 6) is -4.98. The van der Waals surface area contributed by atoms with Crippen molar-refractivity contribution in [3.63, 3.8) is 0 Å². The number of aliphatic carboxylic acids is 4. The van der Waals surface area contributed by atoms with Gasteiger partial charge in [0.25, 0.3) is 0 Å². The SMILES string of the molecule is CC1=C(CCC(=O)O)c2cc3nc(cc4[nH]c(cc5[nH]c(cc1n2)c(C)c5C1CC1C(=O)O)c(C)c4C1CC1C(=O)O)C(C)=C3CCC(=O)O. The van der Waals surface area contributed by atoms with Crippen molar-refractivity contribution in [2.75, 3.05) is 0 Å². The van der Waals surface area contributed by atoms with E-state index in [4.69, 9.17) is 9.97 Å². The molecule has 7 rings (SSSR count). The molecule has 12 nitrogen and oxygen atoms in total. The number of carboxylic acids is 4. The van der Waals surface area contributed by atoms with E-state index in [1.165, 1.54) is 0 Å². The number of hydrogen-bond donors (Lipinski definition) is 6. The average Bonchev–Trinajstić information content (AvgIpc) is 3.91. The van der Waals surface area contributed by atoms with Gasteiger partial charge in [0, 0.05) is 46.7 Å². The maximum absolute atomic E-state index is 12.0. The summed E-state index contributed by atoms with van der Waals surface area (Å²) < 4.78 is 0. The number of aromatic nitrogens is 4. The highest BCUT2D eigenvalue weighted by molar-refractivity contribution is 5.97. The third-order valence-corrected chi connectivity index (χ3v) is 10.8. The summed E-state index contributed by atoms with van der Waals surface area (Å²) in [5, 5.41) is 38.8. The normalized spacial score (nSPS) is 21.0. The van der Waals surface area contributed by atoms with Crippen LogP contribution < -0.4 is 0 Å². The Hall–Kier alpha value is -5.52. The van der Waals surface area contributed by atoms with Gasteiger partial charge in [0.05, 0.1) is 34.6 Å². The van der Waals surface area contributed by atoms with Crippen molar-refractivity contribution in [2.24, 2.45) is 11.8 Å². The molecule has 0 radical (unpaired) electrons. The molecule has 4 unspecified atom stereocenters. The van der Waals surface area contributed by atoms with E-state index in [0.29, 0.717) is 41.1 Å². The summed E-state index contributed by atoms with van der Waals surface area (Å²) in [4.78, 5) is 64.3. The number of aromatic amines is 2. The standard InChI is InChI=1S/C38H38N4O8/c1-15-19(5-7-33(43)44)29-14-30-20(6-8-34(45)46)16(2)26(40-30)12-31-36(22-10-24(22)38(49)50)18(4)28(42-31)13-32-35(21-9-23(21)37(47)48)17(3)27(41-32)11-25(15)39-29/h11-14,21-24,41-42H,5-10H2,1-4H3,(H,43,44)(H,45,46)(H,47,48)(H,49,50). The summed E-state index contributed by atoms with van der Waals surface area (Å²) >= 11 is 0. The van der Waals surface area contributed by atoms with Crippen LogP contribution in [-0.4, -0.2) is 64.2 Å². The fourth-order valence-corrected chi connectivity index (χ4v) is 7.77. The van der Waals surface area contributed by atoms with Gasteiger partial charge >= 0.3 is 23.9 Å². The molecule has 0 saturated heterocycles. The Bertz CT molecular complexity index is 2270. The molecule has 8 bridgehead atoms. The quantitative estimate of drug-likeness (QED) is 0.131. The van der Waals surface area contributed by atoms with E-state index in [-0.39, 0.29) is 37.5 Å². The fraction of sp³-hybridized carbons (Fsp3) is 0.368. The number of carboxylic acid groups (broad SMARTS) is 4. The number of allylic oxidation sites excluding steroid dienone is 4. The lowest BCUT2D eigenvalue weighted by Crippen LogP contribution is -1.99. The Morgan fingerprint density at radius 3 is 1.40 bits per heavy atom. The zero-order valence-electron chi connectivity index (χ0n) is 28.2. The van der Waals surface area contributed by atoms with Crippen molar-refractivity contribution in [1.29, 1.82) is 0 Å². The topological polar surface area (TPSA) is 207 Å². The Balaban J connectivity index is 1.57. The van der Waals surface area contributed by atoms with E-state index < -0.39 is 35.7 Å². The van der Waals surface area contributed by atoms with Gasteiger partial charge < -0.3 is 30.4 Å². The summed E-state index contributed by atoms with van der Waals surface area (Å²) in [6.45, 7) is 7.70. The minimum absolute atomic E-state index is 0.107. The van der Waals surface area contributed by atoms with Crippen LogP contribution in [0, 0.1) is 25.7 Å². The summed E-state index contributed by atoms with van der Waals surface area (Å²) in [5.41, 5.74) is 12.0. The highest BCUT2D eigenvalue weighted by Gasteiger charge is 2.47. The second kappa shape index (κ2) is 12.1. The second-order valence-electron chi connectivity index (χ2n) is 13.9. The van der Waals surface area contributed by atoms with E-state index in [1.54, 1.807) is 6.07 Å². The lowest BCUT2D eigenvalue weighted by Gasteiger charge is -2.05. The van der Waals surface area contributed by atoms with E-state index in [0.717, 1.165) is 61.1 Å². The number of nitrogens with zero attached hydrogens (tertiary/aromatic N) is 2. The Labute approximate surface area is 286 Å². The van der Waals surface area contributed by atoms with Gasteiger partial charge in [-0.2, -0.15) is 0 Å². The molecular formula is C38H38N4O8. The van der Waals surface area contributed by atoms with Crippen LogP contribution in [0.2, 0.25) is 0 Å². The van der Waals surface area contributed by atoms with Crippen LogP contribution in [0.4, 0.5) is 0 Å². The maximum atomic E-state index is 12.0. The van der Waals surface area contributed by atoms with E-state index >= 15 is 0 Å². The predicted molar refractivity (Wildman–Crippen MR) is 186 cm³/mol. The first kappa shape index (κ1) is 33.0. The van der Waals surface area contributed by atoms with E-state index in [2.05, 4.69) is 9.97 Å². The van der Waals surface area contributed by atoms with Crippen molar-refractivity contribution in [1.82, 2.24) is 19.9 Å².